The summed E-state index contributed by atoms with van der Waals surface area (Å²) in [5, 5.41) is 0. The number of nitrogens with two attached hydrogens (primary N) is 1. The molecule has 1 aliphatic rings. The zero-order valence-electron chi connectivity index (χ0n) is 12.5. The molecule has 2 heterocycles. The Bertz CT molecular complexity index is 574. The fraction of sp³-hybridized carbons (Fsp3) is 0.714. The summed E-state index contributed by atoms with van der Waals surface area (Å²) in [6.07, 6.45) is 3.04. The minimum absolute atomic E-state index is 0.163. The fourth-order valence-corrected chi connectivity index (χ4v) is 6.05. The highest BCUT2D eigenvalue weighted by molar-refractivity contribution is 7.91. The second-order valence-corrected chi connectivity index (χ2v) is 8.97. The third kappa shape index (κ3) is 2.66. The van der Waals surface area contributed by atoms with Crippen LogP contribution in [0.1, 0.15) is 43.6 Å². The van der Waals surface area contributed by atoms with E-state index in [0.717, 1.165) is 29.7 Å². The third-order valence-corrected chi connectivity index (χ3v) is 8.23. The Morgan fingerprint density at radius 2 is 2.05 bits per heavy atom. The van der Waals surface area contributed by atoms with Crippen LogP contribution in [0.3, 0.4) is 0 Å². The molecule has 0 saturated carbocycles. The standard InChI is InChI=1S/C14H24N2O2S2/c1-4-14(5-2)6-7-16(10-14)20(17,18)13-8-11(3)12(9-15)19-13/h8H,4-7,9-10,15H2,1-3H3. The van der Waals surface area contributed by atoms with Gasteiger partial charge in [-0.15, -0.1) is 11.3 Å². The zero-order valence-corrected chi connectivity index (χ0v) is 14.1. The predicted octanol–water partition coefficient (Wildman–Crippen LogP) is 2.72. The number of rotatable bonds is 5. The first-order valence-electron chi connectivity index (χ1n) is 7.18. The summed E-state index contributed by atoms with van der Waals surface area (Å²) in [5.74, 6) is 0. The van der Waals surface area contributed by atoms with Crippen molar-refractivity contribution in [1.29, 1.82) is 0 Å². The normalized spacial score (nSPS) is 19.6. The molecule has 1 fully saturated rings. The summed E-state index contributed by atoms with van der Waals surface area (Å²) in [5.41, 5.74) is 6.79. The Kier molecular flexibility index (Phi) is 4.59. The Morgan fingerprint density at radius 1 is 1.40 bits per heavy atom. The smallest absolute Gasteiger partial charge is 0.252 e. The second kappa shape index (κ2) is 5.75. The lowest BCUT2D eigenvalue weighted by atomic mass is 9.82. The molecular formula is C14H24N2O2S2. The van der Waals surface area contributed by atoms with Gasteiger partial charge < -0.3 is 5.73 Å². The topological polar surface area (TPSA) is 63.4 Å². The van der Waals surface area contributed by atoms with E-state index in [0.29, 0.717) is 23.8 Å². The van der Waals surface area contributed by atoms with Gasteiger partial charge >= 0.3 is 0 Å². The molecule has 0 unspecified atom stereocenters. The van der Waals surface area contributed by atoms with E-state index in [2.05, 4.69) is 13.8 Å². The maximum atomic E-state index is 12.7. The number of hydrogen-bond donors (Lipinski definition) is 1. The Hall–Kier alpha value is -0.430. The lowest BCUT2D eigenvalue weighted by molar-refractivity contribution is 0.280. The van der Waals surface area contributed by atoms with Gasteiger partial charge in [-0.2, -0.15) is 4.31 Å². The van der Waals surface area contributed by atoms with Crippen molar-refractivity contribution in [3.63, 3.8) is 0 Å². The van der Waals surface area contributed by atoms with Crippen LogP contribution in [0.25, 0.3) is 0 Å². The van der Waals surface area contributed by atoms with Gasteiger partial charge in [0.25, 0.3) is 10.0 Å². The number of nitrogens with zero attached hydrogens (tertiary/aromatic N) is 1. The summed E-state index contributed by atoms with van der Waals surface area (Å²) in [6.45, 7) is 7.92. The van der Waals surface area contributed by atoms with Crippen LogP contribution in [-0.4, -0.2) is 25.8 Å². The Morgan fingerprint density at radius 3 is 2.50 bits per heavy atom. The minimum Gasteiger partial charge on any atom is -0.326 e. The molecule has 114 valence electrons. The molecule has 20 heavy (non-hydrogen) atoms. The molecule has 2 N–H and O–H groups in total. The van der Waals surface area contributed by atoms with Crippen LogP contribution >= 0.6 is 11.3 Å². The summed E-state index contributed by atoms with van der Waals surface area (Å²) in [7, 11) is -3.35. The van der Waals surface area contributed by atoms with Crippen molar-refractivity contribution < 1.29 is 8.42 Å². The molecule has 1 aromatic rings. The highest BCUT2D eigenvalue weighted by Crippen LogP contribution is 2.40. The van der Waals surface area contributed by atoms with E-state index in [9.17, 15) is 8.42 Å². The average molecular weight is 316 g/mol. The molecule has 0 spiro atoms. The summed E-state index contributed by atoms with van der Waals surface area (Å²) < 4.78 is 27.6. The van der Waals surface area contributed by atoms with E-state index < -0.39 is 10.0 Å². The fourth-order valence-electron chi connectivity index (χ4n) is 2.87. The number of sulfonamides is 1. The van der Waals surface area contributed by atoms with Crippen molar-refractivity contribution in [3.8, 4) is 0 Å². The predicted molar refractivity (Wildman–Crippen MR) is 83.3 cm³/mol. The Labute approximate surface area is 126 Å². The van der Waals surface area contributed by atoms with Gasteiger partial charge in [0.05, 0.1) is 0 Å². The minimum atomic E-state index is -3.35. The van der Waals surface area contributed by atoms with Gasteiger partial charge in [0.15, 0.2) is 0 Å². The van der Waals surface area contributed by atoms with Gasteiger partial charge in [0, 0.05) is 24.5 Å². The first-order valence-corrected chi connectivity index (χ1v) is 9.43. The molecule has 1 saturated heterocycles. The molecular weight excluding hydrogens is 292 g/mol. The van der Waals surface area contributed by atoms with Crippen LogP contribution in [0.4, 0.5) is 0 Å². The first kappa shape index (κ1) is 15.9. The molecule has 0 aliphatic carbocycles. The van der Waals surface area contributed by atoms with E-state index in [1.54, 1.807) is 10.4 Å². The number of aryl methyl sites for hydroxylation is 1. The zero-order chi connectivity index (χ0) is 15.0. The van der Waals surface area contributed by atoms with Crippen LogP contribution in [-0.2, 0) is 16.6 Å². The van der Waals surface area contributed by atoms with Gasteiger partial charge in [-0.1, -0.05) is 13.8 Å². The lowest BCUT2D eigenvalue weighted by Crippen LogP contribution is -2.31. The van der Waals surface area contributed by atoms with Crippen LogP contribution < -0.4 is 5.73 Å². The summed E-state index contributed by atoms with van der Waals surface area (Å²) >= 11 is 1.31. The van der Waals surface area contributed by atoms with Gasteiger partial charge in [0.1, 0.15) is 4.21 Å². The molecule has 4 nitrogen and oxygen atoms in total. The average Bonchev–Trinajstić information content (AvgIpc) is 3.03. The Balaban J connectivity index is 2.27. The van der Waals surface area contributed by atoms with E-state index in [4.69, 9.17) is 5.73 Å². The van der Waals surface area contributed by atoms with Gasteiger partial charge in [-0.05, 0) is 43.2 Å². The van der Waals surface area contributed by atoms with E-state index in [-0.39, 0.29) is 5.41 Å². The van der Waals surface area contributed by atoms with Crippen LogP contribution in [0.15, 0.2) is 10.3 Å². The summed E-state index contributed by atoms with van der Waals surface area (Å²) in [4.78, 5) is 0.958. The van der Waals surface area contributed by atoms with Crippen molar-refractivity contribution >= 4 is 21.4 Å². The number of thiophene rings is 1. The lowest BCUT2D eigenvalue weighted by Gasteiger charge is -2.26. The maximum Gasteiger partial charge on any atom is 0.252 e. The van der Waals surface area contributed by atoms with Crippen molar-refractivity contribution in [2.45, 2.75) is 50.8 Å². The third-order valence-electron chi connectivity index (χ3n) is 4.68. The monoisotopic (exact) mass is 316 g/mol. The molecule has 0 amide bonds. The molecule has 1 aliphatic heterocycles. The molecule has 0 radical (unpaired) electrons. The maximum absolute atomic E-state index is 12.7. The molecule has 0 bridgehead atoms. The van der Waals surface area contributed by atoms with Crippen LogP contribution in [0, 0.1) is 12.3 Å². The van der Waals surface area contributed by atoms with Gasteiger partial charge in [0.2, 0.25) is 0 Å². The number of hydrogen-bond acceptors (Lipinski definition) is 4. The second-order valence-electron chi connectivity index (χ2n) is 5.67. The highest BCUT2D eigenvalue weighted by Gasteiger charge is 2.41. The van der Waals surface area contributed by atoms with Crippen molar-refractivity contribution in [2.75, 3.05) is 13.1 Å². The van der Waals surface area contributed by atoms with E-state index in [1.165, 1.54) is 11.3 Å². The van der Waals surface area contributed by atoms with E-state index >= 15 is 0 Å². The molecule has 1 aromatic heterocycles. The van der Waals surface area contributed by atoms with Crippen LogP contribution in [0.2, 0.25) is 0 Å². The molecule has 0 aromatic carbocycles. The quantitative estimate of drug-likeness (QED) is 0.908. The van der Waals surface area contributed by atoms with Crippen molar-refractivity contribution in [1.82, 2.24) is 4.31 Å². The SMILES string of the molecule is CCC1(CC)CCN(S(=O)(=O)c2cc(C)c(CN)s2)C1. The van der Waals surface area contributed by atoms with Crippen molar-refractivity contribution in [3.05, 3.63) is 16.5 Å². The molecule has 2 rings (SSSR count). The van der Waals surface area contributed by atoms with Crippen molar-refractivity contribution in [2.24, 2.45) is 11.1 Å². The molecule has 0 atom stereocenters. The largest absolute Gasteiger partial charge is 0.326 e. The first-order chi connectivity index (χ1) is 9.38. The summed E-state index contributed by atoms with van der Waals surface area (Å²) in [6, 6.07) is 1.76. The van der Waals surface area contributed by atoms with Gasteiger partial charge in [-0.3, -0.25) is 0 Å². The molecule has 6 heteroatoms. The highest BCUT2D eigenvalue weighted by atomic mass is 32.2. The van der Waals surface area contributed by atoms with E-state index in [1.807, 2.05) is 6.92 Å². The van der Waals surface area contributed by atoms with Gasteiger partial charge in [-0.25, -0.2) is 8.42 Å². The van der Waals surface area contributed by atoms with Crippen LogP contribution in [0.5, 0.6) is 0 Å².